The molecule has 0 aliphatic heterocycles. The van der Waals surface area contributed by atoms with E-state index in [0.29, 0.717) is 9.13 Å². The first-order valence-corrected chi connectivity index (χ1v) is 7.02. The molecule has 5 heteroatoms. The van der Waals surface area contributed by atoms with Gasteiger partial charge in [0.25, 0.3) is 5.72 Å². The van der Waals surface area contributed by atoms with Gasteiger partial charge in [-0.15, -0.1) is 9.68 Å². The molecule has 0 aliphatic carbocycles. The number of hydrogen-bond donors (Lipinski definition) is 0. The highest BCUT2D eigenvalue weighted by Crippen LogP contribution is 2.35. The highest BCUT2D eigenvalue weighted by atomic mass is 16.8. The Morgan fingerprint density at radius 1 is 0.750 bits per heavy atom. The summed E-state index contributed by atoms with van der Waals surface area (Å²) in [6.45, 7) is 12.2. The lowest BCUT2D eigenvalue weighted by Crippen LogP contribution is -2.72. The summed E-state index contributed by atoms with van der Waals surface area (Å²) in [5, 5.41) is 0. The highest BCUT2D eigenvalue weighted by molar-refractivity contribution is 4.62. The van der Waals surface area contributed by atoms with E-state index in [1.165, 1.54) is 0 Å². The summed E-state index contributed by atoms with van der Waals surface area (Å²) in [5.41, 5.74) is -0.890. The molecule has 120 valence electrons. The minimum absolute atomic E-state index is 0.287. The number of hydroxylamine groups is 6. The molecule has 5 nitrogen and oxygen atoms in total. The van der Waals surface area contributed by atoms with Gasteiger partial charge in [-0.3, -0.25) is 4.48 Å². The predicted molar refractivity (Wildman–Crippen MR) is 82.8 cm³/mol. The summed E-state index contributed by atoms with van der Waals surface area (Å²) >= 11 is 0. The van der Waals surface area contributed by atoms with Crippen LogP contribution in [-0.2, 0) is 9.68 Å². The third-order valence-corrected chi connectivity index (χ3v) is 4.09. The fourth-order valence-corrected chi connectivity index (χ4v) is 2.14. The molecule has 0 radical (unpaired) electrons. The molecule has 0 saturated heterocycles. The quantitative estimate of drug-likeness (QED) is 0.407. The maximum atomic E-state index is 6.24. The van der Waals surface area contributed by atoms with Crippen LogP contribution in [-0.4, -0.2) is 74.6 Å². The van der Waals surface area contributed by atoms with Crippen LogP contribution in [0.15, 0.2) is 12.8 Å². The van der Waals surface area contributed by atoms with E-state index < -0.39 is 11.4 Å². The molecule has 0 aliphatic rings. The lowest BCUT2D eigenvalue weighted by atomic mass is 10.1. The molecule has 0 amide bonds. The summed E-state index contributed by atoms with van der Waals surface area (Å²) in [6.07, 6.45) is 1.77. The van der Waals surface area contributed by atoms with Gasteiger partial charge in [-0.25, -0.2) is 0 Å². The van der Waals surface area contributed by atoms with Gasteiger partial charge in [0.15, 0.2) is 0 Å². The van der Waals surface area contributed by atoms with Gasteiger partial charge in [0, 0.05) is 27.7 Å². The zero-order valence-corrected chi connectivity index (χ0v) is 15.4. The predicted octanol–water partition coefficient (Wildman–Crippen LogP) is 2.32. The molecule has 0 aromatic heterocycles. The molecule has 20 heavy (non-hydrogen) atoms. The monoisotopic (exact) mass is 290 g/mol. The van der Waals surface area contributed by atoms with Crippen LogP contribution in [0.3, 0.4) is 0 Å². The van der Waals surface area contributed by atoms with Gasteiger partial charge in [-0.1, -0.05) is 0 Å². The SMILES string of the molecule is C=C[N+](C)(C)OC(C)(C)[N+](C)(C)C(C)(C)O[N+](C)(C)C. The molecule has 0 bridgehead atoms. The van der Waals surface area contributed by atoms with E-state index in [-0.39, 0.29) is 4.65 Å². The molecule has 0 aromatic carbocycles. The Morgan fingerprint density at radius 3 is 1.40 bits per heavy atom. The first-order valence-electron chi connectivity index (χ1n) is 7.02. The van der Waals surface area contributed by atoms with Crippen LogP contribution >= 0.6 is 0 Å². The van der Waals surface area contributed by atoms with E-state index >= 15 is 0 Å². The second-order valence-electron chi connectivity index (χ2n) is 8.04. The molecule has 0 saturated carbocycles. The molecule has 0 spiro atoms. The van der Waals surface area contributed by atoms with Crippen molar-refractivity contribution < 1.29 is 23.5 Å². The summed E-state index contributed by atoms with van der Waals surface area (Å²) in [5.74, 6) is 0. The average Bonchev–Trinajstić information content (AvgIpc) is 2.11. The van der Waals surface area contributed by atoms with Crippen LogP contribution in [0, 0.1) is 0 Å². The molecule has 0 atom stereocenters. The standard InChI is InChI=1S/C15H36N3O2/c1-13-17(9,10)20-15(4,5)18(11,12)14(2,3)19-16(6,7)8/h13H,1H2,2-12H3/q+3. The summed E-state index contributed by atoms with van der Waals surface area (Å²) in [4.78, 5) is 12.5. The van der Waals surface area contributed by atoms with E-state index in [0.717, 1.165) is 0 Å². The fourth-order valence-electron chi connectivity index (χ4n) is 2.14. The maximum Gasteiger partial charge on any atom is 0.250 e. The Balaban J connectivity index is 5.43. The minimum atomic E-state index is -0.462. The second kappa shape index (κ2) is 5.39. The van der Waals surface area contributed by atoms with Crippen molar-refractivity contribution in [2.24, 2.45) is 0 Å². The Morgan fingerprint density at radius 2 is 1.10 bits per heavy atom. The molecule has 0 heterocycles. The molecule has 0 unspecified atom stereocenters. The second-order valence-corrected chi connectivity index (χ2v) is 8.04. The van der Waals surface area contributed by atoms with E-state index in [9.17, 15) is 0 Å². The van der Waals surface area contributed by atoms with Crippen LogP contribution in [0.1, 0.15) is 27.7 Å². The average molecular weight is 290 g/mol. The van der Waals surface area contributed by atoms with Crippen LogP contribution in [0.4, 0.5) is 0 Å². The lowest BCUT2D eigenvalue weighted by molar-refractivity contribution is -1.18. The van der Waals surface area contributed by atoms with Crippen molar-refractivity contribution in [3.63, 3.8) is 0 Å². The van der Waals surface area contributed by atoms with Crippen molar-refractivity contribution >= 4 is 0 Å². The van der Waals surface area contributed by atoms with Gasteiger partial charge >= 0.3 is 0 Å². The van der Waals surface area contributed by atoms with Gasteiger partial charge in [0.05, 0.1) is 35.2 Å². The van der Waals surface area contributed by atoms with Crippen molar-refractivity contribution in [1.82, 2.24) is 0 Å². The largest absolute Gasteiger partial charge is 0.266 e. The van der Waals surface area contributed by atoms with Crippen molar-refractivity contribution in [1.29, 1.82) is 0 Å². The summed E-state index contributed by atoms with van der Waals surface area (Å²) in [7, 11) is 14.2. The van der Waals surface area contributed by atoms with Gasteiger partial charge in [0.2, 0.25) is 5.72 Å². The smallest absolute Gasteiger partial charge is 0.250 e. The number of quaternary nitrogens is 3. The molecule has 0 aromatic rings. The first kappa shape index (κ1) is 19.5. The van der Waals surface area contributed by atoms with E-state index in [2.05, 4.69) is 48.4 Å². The Kier molecular flexibility index (Phi) is 5.26. The fraction of sp³-hybridized carbons (Fsp3) is 0.867. The van der Waals surface area contributed by atoms with E-state index in [1.807, 2.05) is 35.2 Å². The van der Waals surface area contributed by atoms with Crippen molar-refractivity contribution in [2.45, 2.75) is 39.1 Å². The lowest BCUT2D eigenvalue weighted by Gasteiger charge is -2.52. The third kappa shape index (κ3) is 4.53. The van der Waals surface area contributed by atoms with Gasteiger partial charge in [0.1, 0.15) is 20.3 Å². The Bertz CT molecular complexity index is 353. The summed E-state index contributed by atoms with van der Waals surface area (Å²) < 4.78 is 1.27. The van der Waals surface area contributed by atoms with Crippen LogP contribution < -0.4 is 0 Å². The Labute approximate surface area is 125 Å². The zero-order valence-electron chi connectivity index (χ0n) is 15.4. The van der Waals surface area contributed by atoms with Crippen LogP contribution in [0.5, 0.6) is 0 Å². The van der Waals surface area contributed by atoms with E-state index in [4.69, 9.17) is 9.68 Å². The maximum absolute atomic E-state index is 6.24. The van der Waals surface area contributed by atoms with Gasteiger partial charge in [-0.2, -0.15) is 9.29 Å². The van der Waals surface area contributed by atoms with Crippen molar-refractivity contribution in [3.05, 3.63) is 12.8 Å². The van der Waals surface area contributed by atoms with Gasteiger partial charge in [-0.05, 0) is 6.58 Å². The number of hydrogen-bond acceptors (Lipinski definition) is 2. The molecular weight excluding hydrogens is 254 g/mol. The minimum Gasteiger partial charge on any atom is -0.266 e. The third-order valence-electron chi connectivity index (χ3n) is 4.09. The topological polar surface area (TPSA) is 18.5 Å². The normalized spacial score (nSPS) is 15.3. The van der Waals surface area contributed by atoms with Crippen molar-refractivity contribution in [3.8, 4) is 0 Å². The first-order chi connectivity index (χ1) is 8.47. The van der Waals surface area contributed by atoms with Crippen molar-refractivity contribution in [2.75, 3.05) is 49.3 Å². The van der Waals surface area contributed by atoms with Crippen LogP contribution in [0.2, 0.25) is 0 Å². The van der Waals surface area contributed by atoms with Gasteiger partial charge < -0.3 is 0 Å². The molecule has 0 N–H and O–H groups in total. The highest BCUT2D eigenvalue weighted by Gasteiger charge is 2.55. The Hall–Kier alpha value is -0.460. The molecule has 0 rings (SSSR count). The van der Waals surface area contributed by atoms with E-state index in [1.54, 1.807) is 6.20 Å². The molecule has 0 fully saturated rings. The molecular formula is C15H36N3O2+3. The number of rotatable bonds is 7. The zero-order chi connectivity index (χ0) is 16.6. The number of nitrogens with zero attached hydrogens (tertiary/aromatic N) is 3. The van der Waals surface area contributed by atoms with Crippen LogP contribution in [0.25, 0.3) is 0 Å². The summed E-state index contributed by atoms with van der Waals surface area (Å²) in [6, 6.07) is 0.